The molecule has 1 aromatic rings. The Balaban J connectivity index is 2.70. The number of rotatable bonds is 6. The van der Waals surface area contributed by atoms with Gasteiger partial charge in [0.15, 0.2) is 0 Å². The molecule has 1 amide bonds. The lowest BCUT2D eigenvalue weighted by atomic mass is 10.1. The summed E-state index contributed by atoms with van der Waals surface area (Å²) >= 11 is 4.02. The number of methoxy groups -OCH3 is 1. The average Bonchev–Trinajstić information content (AvgIpc) is 2.36. The molecule has 0 spiro atoms. The first kappa shape index (κ1) is 13.9. The van der Waals surface area contributed by atoms with E-state index in [1.54, 1.807) is 7.11 Å². The van der Waals surface area contributed by atoms with Crippen LogP contribution >= 0.6 is 12.6 Å². The fourth-order valence-electron chi connectivity index (χ4n) is 1.57. The van der Waals surface area contributed by atoms with Gasteiger partial charge in [0.2, 0.25) is 5.91 Å². The molecule has 0 saturated heterocycles. The minimum atomic E-state index is 0.0176. The molecule has 1 N–H and O–H groups in total. The molecule has 0 atom stereocenters. The maximum absolute atomic E-state index is 11.4. The number of carbonyl (C=O) groups excluding carboxylic acids is 1. The van der Waals surface area contributed by atoms with E-state index in [4.69, 9.17) is 4.74 Å². The van der Waals surface area contributed by atoms with E-state index in [0.29, 0.717) is 18.7 Å². The molecule has 0 saturated carbocycles. The summed E-state index contributed by atoms with van der Waals surface area (Å²) < 4.78 is 5.27. The summed E-state index contributed by atoms with van der Waals surface area (Å²) in [5.74, 6) is 1.40. The summed E-state index contributed by atoms with van der Waals surface area (Å²) in [6, 6.07) is 6.05. The van der Waals surface area contributed by atoms with E-state index in [1.165, 1.54) is 5.56 Å². The van der Waals surface area contributed by atoms with Gasteiger partial charge in [-0.2, -0.15) is 12.6 Å². The summed E-state index contributed by atoms with van der Waals surface area (Å²) in [4.78, 5) is 11.4. The molecule has 0 aromatic heterocycles. The number of ether oxygens (including phenoxy) is 1. The highest BCUT2D eigenvalue weighted by molar-refractivity contribution is 7.80. The van der Waals surface area contributed by atoms with Gasteiger partial charge in [-0.05, 0) is 23.8 Å². The molecular weight excluding hydrogens is 234 g/mol. The molecule has 0 aliphatic heterocycles. The number of hydrogen-bond acceptors (Lipinski definition) is 3. The number of thiol groups is 1. The zero-order valence-electron chi connectivity index (χ0n) is 10.3. The van der Waals surface area contributed by atoms with Gasteiger partial charge in [-0.25, -0.2) is 0 Å². The molecule has 1 aromatic carbocycles. The Labute approximate surface area is 108 Å². The van der Waals surface area contributed by atoms with Gasteiger partial charge in [0.05, 0.1) is 7.11 Å². The van der Waals surface area contributed by atoms with Crippen LogP contribution in [0.5, 0.6) is 5.75 Å². The molecule has 0 aliphatic rings. The monoisotopic (exact) mass is 253 g/mol. The van der Waals surface area contributed by atoms with Crippen LogP contribution in [0.15, 0.2) is 18.2 Å². The van der Waals surface area contributed by atoms with Crippen molar-refractivity contribution in [2.45, 2.75) is 26.3 Å². The van der Waals surface area contributed by atoms with Gasteiger partial charge < -0.3 is 10.1 Å². The highest BCUT2D eigenvalue weighted by Gasteiger charge is 2.06. The van der Waals surface area contributed by atoms with Crippen molar-refractivity contribution >= 4 is 18.5 Å². The number of benzene rings is 1. The topological polar surface area (TPSA) is 38.3 Å². The van der Waals surface area contributed by atoms with Gasteiger partial charge in [-0.3, -0.25) is 4.79 Å². The lowest BCUT2D eigenvalue weighted by molar-refractivity contribution is -0.120. The summed E-state index contributed by atoms with van der Waals surface area (Å²) in [5, 5.41) is 2.86. The van der Waals surface area contributed by atoms with E-state index in [-0.39, 0.29) is 5.91 Å². The number of aryl methyl sites for hydroxylation is 1. The van der Waals surface area contributed by atoms with Gasteiger partial charge in [0, 0.05) is 18.5 Å². The molecule has 94 valence electrons. The van der Waals surface area contributed by atoms with Gasteiger partial charge in [0.25, 0.3) is 0 Å². The van der Waals surface area contributed by atoms with Crippen molar-refractivity contribution in [3.05, 3.63) is 29.3 Å². The second kappa shape index (κ2) is 7.22. The van der Waals surface area contributed by atoms with Crippen LogP contribution in [0.1, 0.15) is 24.5 Å². The quantitative estimate of drug-likeness (QED) is 0.763. The summed E-state index contributed by atoms with van der Waals surface area (Å²) in [5.41, 5.74) is 2.25. The van der Waals surface area contributed by atoms with Crippen molar-refractivity contribution in [1.29, 1.82) is 0 Å². The summed E-state index contributed by atoms with van der Waals surface area (Å²) in [6.45, 7) is 2.61. The zero-order valence-corrected chi connectivity index (χ0v) is 11.2. The SMILES string of the molecule is CCc1ccc(OC)c(CNC(=O)CCS)c1. The third-order valence-corrected chi connectivity index (χ3v) is 2.79. The fraction of sp³-hybridized carbons (Fsp3) is 0.462. The van der Waals surface area contributed by atoms with E-state index >= 15 is 0 Å². The standard InChI is InChI=1S/C13H19NO2S/c1-3-10-4-5-12(16-2)11(8-10)9-14-13(15)6-7-17/h4-5,8,17H,3,6-7,9H2,1-2H3,(H,14,15). The molecule has 0 bridgehead atoms. The van der Waals surface area contributed by atoms with Crippen LogP contribution in [0.25, 0.3) is 0 Å². The second-order valence-electron chi connectivity index (χ2n) is 3.75. The first-order chi connectivity index (χ1) is 8.21. The van der Waals surface area contributed by atoms with E-state index in [2.05, 4.69) is 30.9 Å². The minimum Gasteiger partial charge on any atom is -0.496 e. The van der Waals surface area contributed by atoms with Gasteiger partial charge in [-0.1, -0.05) is 19.1 Å². The predicted molar refractivity (Wildman–Crippen MR) is 72.7 cm³/mol. The van der Waals surface area contributed by atoms with Crippen LogP contribution in [-0.2, 0) is 17.8 Å². The van der Waals surface area contributed by atoms with Crippen molar-refractivity contribution in [2.75, 3.05) is 12.9 Å². The van der Waals surface area contributed by atoms with E-state index in [0.717, 1.165) is 17.7 Å². The molecular formula is C13H19NO2S. The van der Waals surface area contributed by atoms with Crippen LogP contribution in [0.4, 0.5) is 0 Å². The number of hydrogen-bond donors (Lipinski definition) is 2. The van der Waals surface area contributed by atoms with Crippen molar-refractivity contribution in [3.8, 4) is 5.75 Å². The van der Waals surface area contributed by atoms with Crippen LogP contribution < -0.4 is 10.1 Å². The number of carbonyl (C=O) groups is 1. The molecule has 0 radical (unpaired) electrons. The number of amides is 1. The largest absolute Gasteiger partial charge is 0.496 e. The van der Waals surface area contributed by atoms with Crippen LogP contribution in [0.3, 0.4) is 0 Å². The molecule has 0 aliphatic carbocycles. The maximum atomic E-state index is 11.4. The Bertz CT molecular complexity index is 380. The van der Waals surface area contributed by atoms with Crippen LogP contribution in [0, 0.1) is 0 Å². The maximum Gasteiger partial charge on any atom is 0.221 e. The Morgan fingerprint density at radius 2 is 2.24 bits per heavy atom. The van der Waals surface area contributed by atoms with Gasteiger partial charge >= 0.3 is 0 Å². The average molecular weight is 253 g/mol. The van der Waals surface area contributed by atoms with Crippen LogP contribution in [-0.4, -0.2) is 18.8 Å². The summed E-state index contributed by atoms with van der Waals surface area (Å²) in [6.07, 6.45) is 1.42. The van der Waals surface area contributed by atoms with Crippen LogP contribution in [0.2, 0.25) is 0 Å². The molecule has 0 fully saturated rings. The van der Waals surface area contributed by atoms with E-state index < -0.39 is 0 Å². The van der Waals surface area contributed by atoms with Crippen molar-refractivity contribution in [2.24, 2.45) is 0 Å². The molecule has 0 unspecified atom stereocenters. The Morgan fingerprint density at radius 3 is 2.82 bits per heavy atom. The van der Waals surface area contributed by atoms with Crippen molar-refractivity contribution < 1.29 is 9.53 Å². The lowest BCUT2D eigenvalue weighted by Gasteiger charge is -2.11. The van der Waals surface area contributed by atoms with Crippen molar-refractivity contribution in [1.82, 2.24) is 5.32 Å². The molecule has 17 heavy (non-hydrogen) atoms. The highest BCUT2D eigenvalue weighted by atomic mass is 32.1. The normalized spacial score (nSPS) is 10.1. The van der Waals surface area contributed by atoms with E-state index in [9.17, 15) is 4.79 Å². The Kier molecular flexibility index (Phi) is 5.91. The molecule has 1 rings (SSSR count). The molecule has 0 heterocycles. The minimum absolute atomic E-state index is 0.0176. The first-order valence-corrected chi connectivity index (χ1v) is 6.37. The highest BCUT2D eigenvalue weighted by Crippen LogP contribution is 2.20. The first-order valence-electron chi connectivity index (χ1n) is 5.74. The molecule has 4 heteroatoms. The smallest absolute Gasteiger partial charge is 0.221 e. The van der Waals surface area contributed by atoms with Gasteiger partial charge in [0.1, 0.15) is 5.75 Å². The lowest BCUT2D eigenvalue weighted by Crippen LogP contribution is -2.23. The van der Waals surface area contributed by atoms with E-state index in [1.807, 2.05) is 12.1 Å². The predicted octanol–water partition coefficient (Wildman–Crippen LogP) is 2.19. The third kappa shape index (κ3) is 4.30. The summed E-state index contributed by atoms with van der Waals surface area (Å²) in [7, 11) is 1.64. The number of nitrogens with one attached hydrogen (secondary N) is 1. The second-order valence-corrected chi connectivity index (χ2v) is 4.20. The molecule has 3 nitrogen and oxygen atoms in total. The third-order valence-electron chi connectivity index (χ3n) is 2.57. The Hall–Kier alpha value is -1.16. The van der Waals surface area contributed by atoms with Gasteiger partial charge in [-0.15, -0.1) is 0 Å². The fourth-order valence-corrected chi connectivity index (χ4v) is 1.78. The zero-order chi connectivity index (χ0) is 12.7. The van der Waals surface area contributed by atoms with Crippen molar-refractivity contribution in [3.63, 3.8) is 0 Å². The Morgan fingerprint density at radius 1 is 1.47 bits per heavy atom.